The lowest BCUT2D eigenvalue weighted by atomic mass is 9.95. The van der Waals surface area contributed by atoms with Crippen molar-refractivity contribution in [2.45, 2.75) is 24.3 Å². The fraction of sp³-hybridized carbons (Fsp3) is 0.429. The van der Waals surface area contributed by atoms with Gasteiger partial charge in [-0.05, 0) is 23.8 Å². The number of pyridine rings is 1. The molecule has 2 aromatic rings. The quantitative estimate of drug-likeness (QED) is 0.548. The second kappa shape index (κ2) is 7.88. The van der Waals surface area contributed by atoms with Crippen LogP contribution in [0.4, 0.5) is 11.4 Å². The van der Waals surface area contributed by atoms with Crippen molar-refractivity contribution in [3.05, 3.63) is 64.0 Å². The van der Waals surface area contributed by atoms with Gasteiger partial charge in [0.15, 0.2) is 5.17 Å². The minimum Gasteiger partial charge on any atom is -0.378 e. The van der Waals surface area contributed by atoms with Gasteiger partial charge in [-0.2, -0.15) is 0 Å². The molecule has 0 spiro atoms. The molecule has 8 nitrogen and oxygen atoms in total. The zero-order chi connectivity index (χ0) is 20.7. The maximum absolute atomic E-state index is 12.0. The molecule has 30 heavy (non-hydrogen) atoms. The van der Waals surface area contributed by atoms with E-state index in [1.165, 1.54) is 0 Å². The number of ether oxygens (including phenoxy) is 1. The molecule has 2 saturated heterocycles. The first-order chi connectivity index (χ1) is 14.6. The normalized spacial score (nSPS) is 25.9. The highest BCUT2D eigenvalue weighted by Gasteiger charge is 2.44. The summed E-state index contributed by atoms with van der Waals surface area (Å²) in [5.41, 5.74) is 2.59. The van der Waals surface area contributed by atoms with E-state index >= 15 is 0 Å². The van der Waals surface area contributed by atoms with Gasteiger partial charge in [0, 0.05) is 37.1 Å². The summed E-state index contributed by atoms with van der Waals surface area (Å²) in [6.45, 7) is 5.55. The van der Waals surface area contributed by atoms with Crippen LogP contribution in [0.25, 0.3) is 0 Å². The molecule has 0 N–H and O–H groups in total. The number of nitro groups is 1. The maximum Gasteiger partial charge on any atom is 0.292 e. The van der Waals surface area contributed by atoms with E-state index in [1.54, 1.807) is 24.0 Å². The van der Waals surface area contributed by atoms with Crippen LogP contribution in [0.1, 0.15) is 30.3 Å². The second-order valence-electron chi connectivity index (χ2n) is 7.74. The van der Waals surface area contributed by atoms with Crippen LogP contribution in [0.5, 0.6) is 0 Å². The van der Waals surface area contributed by atoms with E-state index in [9.17, 15) is 10.1 Å². The topological polar surface area (TPSA) is 84.1 Å². The number of nitrogens with zero attached hydrogens (tertiary/aromatic N) is 5. The van der Waals surface area contributed by atoms with Crippen LogP contribution in [-0.4, -0.2) is 58.1 Å². The average molecular weight is 426 g/mol. The fourth-order valence-electron chi connectivity index (χ4n) is 4.42. The number of aromatic nitrogens is 1. The number of amidine groups is 1. The number of anilines is 1. The van der Waals surface area contributed by atoms with Crippen LogP contribution in [0, 0.1) is 10.1 Å². The number of fused-ring (bicyclic) bond motifs is 1. The third kappa shape index (κ3) is 3.41. The van der Waals surface area contributed by atoms with Crippen LogP contribution in [0.15, 0.2) is 47.6 Å². The average Bonchev–Trinajstić information content (AvgIpc) is 3.30. The number of hydrogen-bond acceptors (Lipinski definition) is 8. The fourth-order valence-corrected chi connectivity index (χ4v) is 5.51. The number of benzene rings is 1. The lowest BCUT2D eigenvalue weighted by Gasteiger charge is -2.30. The first-order valence-electron chi connectivity index (χ1n) is 10.1. The summed E-state index contributed by atoms with van der Waals surface area (Å²) in [7, 11) is 0. The van der Waals surface area contributed by atoms with Crippen molar-refractivity contribution in [2.24, 2.45) is 4.99 Å². The van der Waals surface area contributed by atoms with E-state index in [1.807, 2.05) is 35.2 Å². The monoisotopic (exact) mass is 425 g/mol. The van der Waals surface area contributed by atoms with Crippen molar-refractivity contribution >= 4 is 28.3 Å². The van der Waals surface area contributed by atoms with Crippen LogP contribution >= 0.6 is 11.8 Å². The van der Waals surface area contributed by atoms with Crippen molar-refractivity contribution in [3.63, 3.8) is 0 Å². The Balaban J connectivity index is 1.55. The van der Waals surface area contributed by atoms with Crippen LogP contribution in [0.2, 0.25) is 0 Å². The zero-order valence-electron chi connectivity index (χ0n) is 16.7. The van der Waals surface area contributed by atoms with E-state index in [0.717, 1.165) is 23.0 Å². The van der Waals surface area contributed by atoms with E-state index in [0.29, 0.717) is 37.2 Å². The summed E-state index contributed by atoms with van der Waals surface area (Å²) < 4.78 is 5.40. The Hall–Kier alpha value is -2.65. The SMILES string of the molecule is C[C@@H]1CN2C(=N[C@H](c3ccccn3)[C@H]2c2ccc(N3CCOCC3)c([N+](=O)[O-])c2)S1. The maximum atomic E-state index is 12.0. The largest absolute Gasteiger partial charge is 0.378 e. The molecule has 0 radical (unpaired) electrons. The summed E-state index contributed by atoms with van der Waals surface area (Å²) in [6, 6.07) is 11.2. The molecular weight excluding hydrogens is 402 g/mol. The summed E-state index contributed by atoms with van der Waals surface area (Å²) >= 11 is 1.76. The van der Waals surface area contributed by atoms with Gasteiger partial charge in [-0.1, -0.05) is 30.8 Å². The standard InChI is InChI=1S/C21H23N5O3S/c1-14-13-25-20(19(23-21(25)30-14)16-4-2-3-7-22-16)15-5-6-17(18(12-15)26(27)28)24-8-10-29-11-9-24/h2-7,12,14,19-20H,8-11,13H2,1H3/t14-,19-,20-/m1/s1. The summed E-state index contributed by atoms with van der Waals surface area (Å²) in [5.74, 6) is 0. The number of hydrogen-bond donors (Lipinski definition) is 0. The van der Waals surface area contributed by atoms with Crippen molar-refractivity contribution < 1.29 is 9.66 Å². The van der Waals surface area contributed by atoms with Gasteiger partial charge in [0.25, 0.3) is 5.69 Å². The highest BCUT2D eigenvalue weighted by Crippen LogP contribution is 2.48. The number of rotatable bonds is 4. The van der Waals surface area contributed by atoms with E-state index in [-0.39, 0.29) is 22.7 Å². The van der Waals surface area contributed by atoms with Gasteiger partial charge in [0.1, 0.15) is 11.7 Å². The number of nitro benzene ring substituents is 1. The Kier molecular flexibility index (Phi) is 5.08. The van der Waals surface area contributed by atoms with Crippen LogP contribution in [0.3, 0.4) is 0 Å². The molecule has 3 atom stereocenters. The molecule has 0 aliphatic carbocycles. The molecule has 9 heteroatoms. The molecule has 0 unspecified atom stereocenters. The molecular formula is C21H23N5O3S. The summed E-state index contributed by atoms with van der Waals surface area (Å²) in [4.78, 5) is 25.5. The second-order valence-corrected chi connectivity index (χ2v) is 9.15. The summed E-state index contributed by atoms with van der Waals surface area (Å²) in [5, 5.41) is 13.4. The highest BCUT2D eigenvalue weighted by atomic mass is 32.2. The zero-order valence-corrected chi connectivity index (χ0v) is 17.5. The minimum atomic E-state index is -0.276. The van der Waals surface area contributed by atoms with Gasteiger partial charge in [0.05, 0.1) is 29.9 Å². The molecule has 156 valence electrons. The minimum absolute atomic E-state index is 0.0928. The molecule has 5 rings (SSSR count). The van der Waals surface area contributed by atoms with Gasteiger partial charge in [-0.15, -0.1) is 0 Å². The molecule has 1 aromatic carbocycles. The van der Waals surface area contributed by atoms with Gasteiger partial charge in [-0.3, -0.25) is 20.1 Å². The Morgan fingerprint density at radius 3 is 2.80 bits per heavy atom. The first-order valence-corrected chi connectivity index (χ1v) is 11.0. The molecule has 4 heterocycles. The van der Waals surface area contributed by atoms with Gasteiger partial charge in [0.2, 0.25) is 0 Å². The third-order valence-electron chi connectivity index (χ3n) is 5.77. The molecule has 3 aliphatic heterocycles. The number of morpholine rings is 1. The van der Waals surface area contributed by atoms with E-state index in [2.05, 4.69) is 16.8 Å². The number of aliphatic imine (C=N–C) groups is 1. The van der Waals surface area contributed by atoms with Crippen molar-refractivity contribution in [2.75, 3.05) is 37.7 Å². The number of thioether (sulfide) groups is 1. The molecule has 2 fully saturated rings. The smallest absolute Gasteiger partial charge is 0.292 e. The summed E-state index contributed by atoms with van der Waals surface area (Å²) in [6.07, 6.45) is 1.77. The van der Waals surface area contributed by atoms with Gasteiger partial charge < -0.3 is 14.5 Å². The Bertz CT molecular complexity index is 980. The molecule has 0 bridgehead atoms. The lowest BCUT2D eigenvalue weighted by molar-refractivity contribution is -0.384. The van der Waals surface area contributed by atoms with Crippen LogP contribution < -0.4 is 4.90 Å². The molecule has 0 saturated carbocycles. The Labute approximate surface area is 179 Å². The van der Waals surface area contributed by atoms with Gasteiger partial charge >= 0.3 is 0 Å². The Morgan fingerprint density at radius 2 is 2.07 bits per heavy atom. The van der Waals surface area contributed by atoms with Crippen LogP contribution in [-0.2, 0) is 4.74 Å². The first kappa shape index (κ1) is 19.3. The Morgan fingerprint density at radius 1 is 1.23 bits per heavy atom. The van der Waals surface area contributed by atoms with E-state index < -0.39 is 0 Å². The van der Waals surface area contributed by atoms with E-state index in [4.69, 9.17) is 9.73 Å². The van der Waals surface area contributed by atoms with Crippen molar-refractivity contribution in [1.29, 1.82) is 0 Å². The molecule has 0 amide bonds. The highest BCUT2D eigenvalue weighted by molar-refractivity contribution is 8.14. The predicted molar refractivity (Wildman–Crippen MR) is 117 cm³/mol. The predicted octanol–water partition coefficient (Wildman–Crippen LogP) is 3.42. The molecule has 3 aliphatic rings. The molecule has 1 aromatic heterocycles. The van der Waals surface area contributed by atoms with Crippen molar-refractivity contribution in [1.82, 2.24) is 9.88 Å². The third-order valence-corrected chi connectivity index (χ3v) is 6.87. The lowest BCUT2D eigenvalue weighted by Crippen LogP contribution is -2.36. The van der Waals surface area contributed by atoms with Gasteiger partial charge in [-0.25, -0.2) is 0 Å². The van der Waals surface area contributed by atoms with Crippen molar-refractivity contribution in [3.8, 4) is 0 Å².